The van der Waals surface area contributed by atoms with Gasteiger partial charge < -0.3 is 15.0 Å². The number of nitrogens with zero attached hydrogens (tertiary/aromatic N) is 5. The monoisotopic (exact) mass is 262 g/mol. The second-order valence-electron chi connectivity index (χ2n) is 4.83. The number of imidazole rings is 1. The van der Waals surface area contributed by atoms with Gasteiger partial charge in [0.25, 0.3) is 0 Å². The van der Waals surface area contributed by atoms with Crippen LogP contribution in [0.2, 0.25) is 0 Å². The van der Waals surface area contributed by atoms with Crippen molar-refractivity contribution in [2.45, 2.75) is 25.6 Å². The molecule has 102 valence electrons. The van der Waals surface area contributed by atoms with Crippen LogP contribution >= 0.6 is 0 Å². The maximum atomic E-state index is 6.32. The van der Waals surface area contributed by atoms with Crippen molar-refractivity contribution in [1.82, 2.24) is 24.5 Å². The molecule has 7 nitrogen and oxygen atoms in total. The fraction of sp³-hybridized carbons (Fsp3) is 0.583. The van der Waals surface area contributed by atoms with Crippen molar-refractivity contribution in [2.75, 3.05) is 13.2 Å². The van der Waals surface area contributed by atoms with E-state index in [0.717, 1.165) is 38.4 Å². The van der Waals surface area contributed by atoms with Crippen molar-refractivity contribution in [2.24, 2.45) is 11.7 Å². The van der Waals surface area contributed by atoms with E-state index in [4.69, 9.17) is 10.5 Å². The van der Waals surface area contributed by atoms with Crippen molar-refractivity contribution in [3.63, 3.8) is 0 Å². The molecule has 0 amide bonds. The molecule has 0 radical (unpaired) electrons. The van der Waals surface area contributed by atoms with Gasteiger partial charge in [-0.1, -0.05) is 5.21 Å². The minimum Gasteiger partial charge on any atom is -0.381 e. The van der Waals surface area contributed by atoms with E-state index in [1.54, 1.807) is 10.9 Å². The third-order valence-corrected chi connectivity index (χ3v) is 3.60. The Morgan fingerprint density at radius 3 is 3.16 bits per heavy atom. The molecule has 19 heavy (non-hydrogen) atoms. The first-order valence-corrected chi connectivity index (χ1v) is 6.52. The van der Waals surface area contributed by atoms with Gasteiger partial charge in [0.1, 0.15) is 0 Å². The molecule has 0 saturated carbocycles. The average molecular weight is 262 g/mol. The average Bonchev–Trinajstić information content (AvgIpc) is 3.16. The van der Waals surface area contributed by atoms with Crippen molar-refractivity contribution >= 4 is 0 Å². The molecule has 1 aliphatic rings. The highest BCUT2D eigenvalue weighted by Crippen LogP contribution is 2.26. The Balaban J connectivity index is 1.67. The third kappa shape index (κ3) is 2.66. The molecule has 0 bridgehead atoms. The second-order valence-corrected chi connectivity index (χ2v) is 4.83. The number of hydrogen-bond acceptors (Lipinski definition) is 5. The van der Waals surface area contributed by atoms with Crippen LogP contribution in [0.15, 0.2) is 24.9 Å². The van der Waals surface area contributed by atoms with Crippen LogP contribution in [-0.4, -0.2) is 37.8 Å². The van der Waals surface area contributed by atoms with Crippen LogP contribution in [0.3, 0.4) is 0 Å². The van der Waals surface area contributed by atoms with Gasteiger partial charge in [0, 0.05) is 31.5 Å². The predicted octanol–water partition coefficient (Wildman–Crippen LogP) is 0.211. The fourth-order valence-corrected chi connectivity index (χ4v) is 2.44. The smallest absolute Gasteiger partial charge is 0.0949 e. The minimum atomic E-state index is -0.0132. The first kappa shape index (κ1) is 12.3. The molecule has 2 N–H and O–H groups in total. The van der Waals surface area contributed by atoms with Crippen LogP contribution in [0.4, 0.5) is 0 Å². The zero-order valence-electron chi connectivity index (χ0n) is 10.7. The summed E-state index contributed by atoms with van der Waals surface area (Å²) in [4.78, 5) is 4.21. The van der Waals surface area contributed by atoms with Gasteiger partial charge in [-0.25, -0.2) is 4.98 Å². The van der Waals surface area contributed by atoms with E-state index in [9.17, 15) is 0 Å². The standard InChI is InChI=1S/C12H18N6O/c13-12(10-1-6-19-8-10)11-7-14-9-17(11)4-5-18-3-2-15-16-18/h2-3,7,9-10,12H,1,4-6,8,13H2. The normalized spacial score (nSPS) is 20.8. The van der Waals surface area contributed by atoms with E-state index >= 15 is 0 Å². The lowest BCUT2D eigenvalue weighted by molar-refractivity contribution is 0.180. The number of aryl methyl sites for hydroxylation is 2. The fourth-order valence-electron chi connectivity index (χ4n) is 2.44. The van der Waals surface area contributed by atoms with Gasteiger partial charge in [-0.15, -0.1) is 5.10 Å². The maximum absolute atomic E-state index is 6.32. The Kier molecular flexibility index (Phi) is 3.56. The van der Waals surface area contributed by atoms with E-state index in [0.29, 0.717) is 5.92 Å². The van der Waals surface area contributed by atoms with Gasteiger partial charge in [-0.05, 0) is 6.42 Å². The molecular formula is C12H18N6O. The van der Waals surface area contributed by atoms with Crippen LogP contribution in [0.5, 0.6) is 0 Å². The zero-order valence-corrected chi connectivity index (χ0v) is 10.7. The van der Waals surface area contributed by atoms with Gasteiger partial charge >= 0.3 is 0 Å². The number of hydrogen-bond donors (Lipinski definition) is 1. The largest absolute Gasteiger partial charge is 0.381 e. The van der Waals surface area contributed by atoms with Gasteiger partial charge in [0.05, 0.1) is 37.4 Å². The van der Waals surface area contributed by atoms with Crippen molar-refractivity contribution in [3.05, 3.63) is 30.6 Å². The molecule has 0 aliphatic carbocycles. The quantitative estimate of drug-likeness (QED) is 0.832. The molecular weight excluding hydrogens is 244 g/mol. The van der Waals surface area contributed by atoms with Crippen molar-refractivity contribution in [1.29, 1.82) is 0 Å². The van der Waals surface area contributed by atoms with Gasteiger partial charge in [0.15, 0.2) is 0 Å². The van der Waals surface area contributed by atoms with E-state index in [1.165, 1.54) is 0 Å². The molecule has 0 spiro atoms. The maximum Gasteiger partial charge on any atom is 0.0949 e. The van der Waals surface area contributed by atoms with Gasteiger partial charge in [-0.2, -0.15) is 0 Å². The second kappa shape index (κ2) is 5.50. The van der Waals surface area contributed by atoms with Crippen LogP contribution in [0.25, 0.3) is 0 Å². The molecule has 3 rings (SSSR count). The Morgan fingerprint density at radius 1 is 1.47 bits per heavy atom. The molecule has 1 aliphatic heterocycles. The summed E-state index contributed by atoms with van der Waals surface area (Å²) in [7, 11) is 0. The minimum absolute atomic E-state index is 0.0132. The molecule has 2 atom stereocenters. The molecule has 2 aromatic rings. The van der Waals surface area contributed by atoms with Gasteiger partial charge in [0.2, 0.25) is 0 Å². The van der Waals surface area contributed by atoms with E-state index < -0.39 is 0 Å². The molecule has 2 aromatic heterocycles. The molecule has 0 aromatic carbocycles. The summed E-state index contributed by atoms with van der Waals surface area (Å²) in [6.07, 6.45) is 8.22. The number of ether oxygens (including phenoxy) is 1. The summed E-state index contributed by atoms with van der Waals surface area (Å²) < 4.78 is 9.29. The molecule has 3 heterocycles. The zero-order chi connectivity index (χ0) is 13.1. The van der Waals surface area contributed by atoms with E-state index in [1.807, 2.05) is 18.7 Å². The summed E-state index contributed by atoms with van der Waals surface area (Å²) in [5.41, 5.74) is 7.38. The molecule has 2 unspecified atom stereocenters. The first-order chi connectivity index (χ1) is 9.34. The summed E-state index contributed by atoms with van der Waals surface area (Å²) in [6, 6.07) is -0.0132. The first-order valence-electron chi connectivity index (χ1n) is 6.52. The number of nitrogens with two attached hydrogens (primary N) is 1. The van der Waals surface area contributed by atoms with E-state index in [2.05, 4.69) is 19.9 Å². The number of aromatic nitrogens is 5. The Bertz CT molecular complexity index is 502. The topological polar surface area (TPSA) is 83.8 Å². The van der Waals surface area contributed by atoms with E-state index in [-0.39, 0.29) is 6.04 Å². The Hall–Kier alpha value is -1.73. The molecule has 1 saturated heterocycles. The molecule has 1 fully saturated rings. The lowest BCUT2D eigenvalue weighted by Gasteiger charge is -2.19. The van der Waals surface area contributed by atoms with Crippen LogP contribution in [0.1, 0.15) is 18.2 Å². The highest BCUT2D eigenvalue weighted by atomic mass is 16.5. The third-order valence-electron chi connectivity index (χ3n) is 3.60. The predicted molar refractivity (Wildman–Crippen MR) is 68.1 cm³/mol. The number of rotatable bonds is 5. The summed E-state index contributed by atoms with van der Waals surface area (Å²) in [5, 5.41) is 7.74. The Labute approximate surface area is 111 Å². The highest BCUT2D eigenvalue weighted by molar-refractivity contribution is 5.07. The molecule has 7 heteroatoms. The van der Waals surface area contributed by atoms with Crippen LogP contribution in [-0.2, 0) is 17.8 Å². The summed E-state index contributed by atoms with van der Waals surface area (Å²) >= 11 is 0. The lowest BCUT2D eigenvalue weighted by Crippen LogP contribution is -2.25. The van der Waals surface area contributed by atoms with Crippen LogP contribution in [0, 0.1) is 5.92 Å². The van der Waals surface area contributed by atoms with Crippen LogP contribution < -0.4 is 5.73 Å². The van der Waals surface area contributed by atoms with Gasteiger partial charge in [-0.3, -0.25) is 4.68 Å². The van der Waals surface area contributed by atoms with Crippen molar-refractivity contribution in [3.8, 4) is 0 Å². The van der Waals surface area contributed by atoms with Crippen molar-refractivity contribution < 1.29 is 4.74 Å². The lowest BCUT2D eigenvalue weighted by atomic mass is 9.97. The summed E-state index contributed by atoms with van der Waals surface area (Å²) in [5.74, 6) is 0.391. The summed E-state index contributed by atoms with van der Waals surface area (Å²) in [6.45, 7) is 3.11. The SMILES string of the molecule is NC(c1cncn1CCn1ccnn1)C1CCOC1. The Morgan fingerprint density at radius 2 is 2.42 bits per heavy atom. The highest BCUT2D eigenvalue weighted by Gasteiger charge is 2.26.